The van der Waals surface area contributed by atoms with Crippen molar-refractivity contribution in [1.82, 2.24) is 0 Å². The van der Waals surface area contributed by atoms with Crippen molar-refractivity contribution in [3.05, 3.63) is 0 Å². The minimum atomic E-state index is -7.75. The van der Waals surface area contributed by atoms with Crippen LogP contribution in [0, 0.1) is 0 Å². The summed E-state index contributed by atoms with van der Waals surface area (Å²) in [4.78, 5) is 0. The van der Waals surface area contributed by atoms with Gasteiger partial charge in [-0.2, -0.15) is 0 Å². The zero-order valence-corrected chi connectivity index (χ0v) is 5.37. The van der Waals surface area contributed by atoms with Crippen LogP contribution in [0.5, 0.6) is 0 Å². The van der Waals surface area contributed by atoms with Gasteiger partial charge in [0.1, 0.15) is 0 Å². The van der Waals surface area contributed by atoms with Gasteiger partial charge in [0, 0.05) is 0 Å². The van der Waals surface area contributed by atoms with Crippen LogP contribution in [0.4, 0.5) is 0 Å². The molecule has 0 aromatic carbocycles. The molecule has 0 spiro atoms. The molecule has 8 heteroatoms. The van der Waals surface area contributed by atoms with Gasteiger partial charge in [0.15, 0.2) is 0 Å². The topological polar surface area (TPSA) is 121 Å². The van der Waals surface area contributed by atoms with E-state index >= 15 is 0 Å². The molecule has 0 saturated heterocycles. The van der Waals surface area contributed by atoms with E-state index in [1.807, 2.05) is 0 Å². The van der Waals surface area contributed by atoms with Gasteiger partial charge in [0.2, 0.25) is 0 Å². The summed E-state index contributed by atoms with van der Waals surface area (Å²) in [7, 11) is 0. The zero-order valence-electron chi connectivity index (χ0n) is 3.45. The van der Waals surface area contributed by atoms with Gasteiger partial charge in [-0.25, -0.2) is 0 Å². The molecule has 0 bridgehead atoms. The Hall–Kier alpha value is 0.569. The molecule has 8 heavy (non-hydrogen) atoms. The van der Waals surface area contributed by atoms with E-state index in [4.69, 9.17) is 25.1 Å². The van der Waals surface area contributed by atoms with E-state index in [9.17, 15) is 0 Å². The Morgan fingerprint density at radius 2 is 0.625 bits per heavy atom. The maximum absolute atomic E-state index is 7.75. The quantitative estimate of drug-likeness (QED) is 0.230. The standard InChI is InChI=1S/ClH.Fe.6H2O/h1H;;6*1H2/q;+6;;;;;;/p-6. The van der Waals surface area contributed by atoms with Gasteiger partial charge in [-0.3, -0.25) is 0 Å². The second-order valence-electron chi connectivity index (χ2n) is 1.06. The SMILES string of the molecule is Cl.[OH][Fe]([OH])([OH])([OH])([OH])[OH]. The van der Waals surface area contributed by atoms with Gasteiger partial charge in [0.25, 0.3) is 0 Å². The Balaban J connectivity index is 0. The number of hydrogen-bond donors (Lipinski definition) is 6. The van der Waals surface area contributed by atoms with E-state index in [0.29, 0.717) is 0 Å². The molecule has 6 N–H and O–H groups in total. The van der Waals surface area contributed by atoms with Crippen LogP contribution in [-0.2, 0) is 12.7 Å². The van der Waals surface area contributed by atoms with Crippen LogP contribution in [0.2, 0.25) is 0 Å². The van der Waals surface area contributed by atoms with Crippen molar-refractivity contribution in [3.63, 3.8) is 0 Å². The predicted molar refractivity (Wildman–Crippen MR) is 20.6 cm³/mol. The molecule has 0 atom stereocenters. The van der Waals surface area contributed by atoms with Crippen LogP contribution in [0.25, 0.3) is 0 Å². The van der Waals surface area contributed by atoms with Crippen molar-refractivity contribution >= 4 is 12.4 Å². The monoisotopic (exact) mass is 194 g/mol. The fourth-order valence-corrected chi connectivity index (χ4v) is 0. The Bertz CT molecular complexity index is 67.1. The number of halogens is 1. The van der Waals surface area contributed by atoms with Gasteiger partial charge >= 0.3 is 37.8 Å². The van der Waals surface area contributed by atoms with Crippen molar-refractivity contribution in [2.24, 2.45) is 0 Å². The van der Waals surface area contributed by atoms with E-state index in [2.05, 4.69) is 0 Å². The van der Waals surface area contributed by atoms with Crippen LogP contribution in [0.3, 0.4) is 0 Å². The molecular formula is H7ClFeO6. The summed E-state index contributed by atoms with van der Waals surface area (Å²) in [5, 5.41) is 0. The summed E-state index contributed by atoms with van der Waals surface area (Å²) in [6.45, 7) is 0. The molecule has 6 nitrogen and oxygen atoms in total. The second kappa shape index (κ2) is 1.35. The van der Waals surface area contributed by atoms with Gasteiger partial charge in [0.05, 0.1) is 0 Å². The molecule has 0 radical (unpaired) electrons. The third kappa shape index (κ3) is 628. The Labute approximate surface area is 50.9 Å². The van der Waals surface area contributed by atoms with E-state index in [0.717, 1.165) is 0 Å². The first kappa shape index (κ1) is 11.4. The van der Waals surface area contributed by atoms with Gasteiger partial charge in [-0.1, -0.05) is 0 Å². The van der Waals surface area contributed by atoms with Crippen LogP contribution in [0.1, 0.15) is 0 Å². The minimum absolute atomic E-state index is 0. The molecule has 0 unspecified atom stereocenters. The van der Waals surface area contributed by atoms with Crippen LogP contribution >= 0.6 is 12.4 Å². The summed E-state index contributed by atoms with van der Waals surface area (Å²) < 4.78 is 44.2. The van der Waals surface area contributed by atoms with Crippen molar-refractivity contribution in [3.8, 4) is 0 Å². The normalized spacial score (nSPS) is 20.2. The van der Waals surface area contributed by atoms with E-state index in [1.165, 1.54) is 0 Å². The van der Waals surface area contributed by atoms with E-state index in [-0.39, 0.29) is 12.4 Å². The molecule has 0 aliphatic rings. The Morgan fingerprint density at radius 3 is 0.625 bits per heavy atom. The first-order valence-corrected chi connectivity index (χ1v) is 3.91. The maximum atomic E-state index is 7.38. The molecule has 0 heterocycles. The van der Waals surface area contributed by atoms with Gasteiger partial charge in [-0.05, 0) is 0 Å². The third-order valence-electron chi connectivity index (χ3n) is 0. The van der Waals surface area contributed by atoms with Gasteiger partial charge < -0.3 is 0 Å². The molecule has 0 aromatic rings. The molecule has 0 aliphatic heterocycles. The number of rotatable bonds is 0. The molecular weight excluding hydrogens is 187 g/mol. The van der Waals surface area contributed by atoms with Crippen LogP contribution < -0.4 is 0 Å². The van der Waals surface area contributed by atoms with E-state index < -0.39 is 12.7 Å². The molecule has 0 amide bonds. The summed E-state index contributed by atoms with van der Waals surface area (Å²) in [6, 6.07) is 0. The first-order valence-electron chi connectivity index (χ1n) is 0.949. The molecule has 0 aromatic heterocycles. The third-order valence-corrected chi connectivity index (χ3v) is 0. The average molecular weight is 194 g/mol. The van der Waals surface area contributed by atoms with E-state index in [1.54, 1.807) is 0 Å². The second-order valence-corrected chi connectivity index (χ2v) is 4.37. The summed E-state index contributed by atoms with van der Waals surface area (Å²) in [5.41, 5.74) is 0. The Morgan fingerprint density at radius 1 is 0.625 bits per heavy atom. The molecule has 0 aliphatic carbocycles. The predicted octanol–water partition coefficient (Wildman–Crippen LogP) is -2.92. The van der Waals surface area contributed by atoms with Gasteiger partial charge in [-0.15, -0.1) is 12.4 Å². The van der Waals surface area contributed by atoms with Crippen molar-refractivity contribution < 1.29 is 37.8 Å². The molecule has 0 fully saturated rings. The summed E-state index contributed by atoms with van der Waals surface area (Å²) >= 11 is -7.75. The summed E-state index contributed by atoms with van der Waals surface area (Å²) in [5.74, 6) is 0. The number of hydrogen-bond acceptors (Lipinski definition) is 6. The Kier molecular flexibility index (Phi) is 1.92. The fraction of sp³-hybridized carbons (Fsp3) is 0. The molecule has 0 saturated carbocycles. The molecule has 0 rings (SSSR count). The summed E-state index contributed by atoms with van der Waals surface area (Å²) in [6.07, 6.45) is 0. The van der Waals surface area contributed by atoms with Crippen molar-refractivity contribution in [1.29, 1.82) is 0 Å². The zero-order chi connectivity index (χ0) is 6.41. The van der Waals surface area contributed by atoms with Crippen LogP contribution in [-0.4, -0.2) is 25.1 Å². The first-order chi connectivity index (χ1) is 2.45. The van der Waals surface area contributed by atoms with Crippen LogP contribution in [0.15, 0.2) is 0 Å². The van der Waals surface area contributed by atoms with Crippen molar-refractivity contribution in [2.75, 3.05) is 0 Å². The average Bonchev–Trinajstić information content (AvgIpc) is 0.592. The molecule has 58 valence electrons. The fourth-order valence-electron chi connectivity index (χ4n) is 0. The van der Waals surface area contributed by atoms with Crippen molar-refractivity contribution in [2.45, 2.75) is 0 Å².